The third kappa shape index (κ3) is 4.21. The first kappa shape index (κ1) is 22.9. The molecular weight excluding hydrogens is 462 g/mol. The summed E-state index contributed by atoms with van der Waals surface area (Å²) in [7, 11) is 1.61. The second-order valence-electron chi connectivity index (χ2n) is 8.39. The number of rotatable bonds is 5. The van der Waals surface area contributed by atoms with E-state index < -0.39 is 0 Å². The van der Waals surface area contributed by atoms with Crippen LogP contribution in [0, 0.1) is 0 Å². The summed E-state index contributed by atoms with van der Waals surface area (Å²) in [6, 6.07) is 22.4. The number of nitrogens with one attached hydrogen (secondary N) is 1. The summed E-state index contributed by atoms with van der Waals surface area (Å²) in [4.78, 5) is 29.4. The summed E-state index contributed by atoms with van der Waals surface area (Å²) in [5.74, 6) is 0.623. The number of carbonyl (C=O) groups excluding carboxylic acids is 1. The molecule has 35 heavy (non-hydrogen) atoms. The molecule has 1 N–H and O–H groups in total. The maximum absolute atomic E-state index is 13.5. The largest absolute Gasteiger partial charge is 0.497 e. The molecule has 4 aromatic rings. The average molecular weight is 486 g/mol. The molecule has 0 aliphatic carbocycles. The van der Waals surface area contributed by atoms with Gasteiger partial charge in [0.1, 0.15) is 5.75 Å². The number of carbonyl (C=O) groups is 1. The molecule has 5 rings (SSSR count). The van der Waals surface area contributed by atoms with Crippen LogP contribution in [0.5, 0.6) is 5.75 Å². The number of amides is 1. The van der Waals surface area contributed by atoms with Gasteiger partial charge in [0.05, 0.1) is 24.4 Å². The molecule has 1 aliphatic heterocycles. The zero-order valence-electron chi connectivity index (χ0n) is 19.4. The molecule has 2 heterocycles. The van der Waals surface area contributed by atoms with Gasteiger partial charge in [-0.3, -0.25) is 9.59 Å². The van der Waals surface area contributed by atoms with E-state index in [2.05, 4.69) is 4.98 Å². The van der Waals surface area contributed by atoms with E-state index in [1.54, 1.807) is 26.2 Å². The SMILES string of the molecule is CCC(=O)N1N=C(c2c(-c3ccccc3)c3cc(Cl)ccc3[nH]c2=O)C[C@H]1c1ccc(OC)cc1. The number of fused-ring (bicyclic) bond motifs is 1. The fourth-order valence-corrected chi connectivity index (χ4v) is 4.76. The Bertz CT molecular complexity index is 1490. The van der Waals surface area contributed by atoms with Gasteiger partial charge in [0.2, 0.25) is 5.91 Å². The highest BCUT2D eigenvalue weighted by Crippen LogP contribution is 2.38. The molecule has 3 aromatic carbocycles. The summed E-state index contributed by atoms with van der Waals surface area (Å²) in [6.45, 7) is 1.81. The Balaban J connectivity index is 1.71. The van der Waals surface area contributed by atoms with Crippen molar-refractivity contribution < 1.29 is 9.53 Å². The average Bonchev–Trinajstić information content (AvgIpc) is 3.33. The van der Waals surface area contributed by atoms with Crippen molar-refractivity contribution in [3.05, 3.63) is 99.3 Å². The predicted molar refractivity (Wildman–Crippen MR) is 139 cm³/mol. The van der Waals surface area contributed by atoms with Crippen molar-refractivity contribution in [1.29, 1.82) is 0 Å². The van der Waals surface area contributed by atoms with Crippen molar-refractivity contribution >= 4 is 34.1 Å². The second-order valence-corrected chi connectivity index (χ2v) is 8.83. The van der Waals surface area contributed by atoms with Gasteiger partial charge in [-0.05, 0) is 41.5 Å². The van der Waals surface area contributed by atoms with E-state index in [1.807, 2.05) is 60.7 Å². The van der Waals surface area contributed by atoms with Crippen molar-refractivity contribution in [2.75, 3.05) is 7.11 Å². The van der Waals surface area contributed by atoms with Crippen molar-refractivity contribution in [3.8, 4) is 16.9 Å². The maximum Gasteiger partial charge on any atom is 0.258 e. The first-order valence-corrected chi connectivity index (χ1v) is 11.8. The minimum Gasteiger partial charge on any atom is -0.497 e. The zero-order chi connectivity index (χ0) is 24.5. The summed E-state index contributed by atoms with van der Waals surface area (Å²) in [5.41, 5.74) is 4.01. The lowest BCUT2D eigenvalue weighted by atomic mass is 9.91. The predicted octanol–water partition coefficient (Wildman–Crippen LogP) is 5.94. The number of ether oxygens (including phenoxy) is 1. The van der Waals surface area contributed by atoms with Crippen LogP contribution in [0.25, 0.3) is 22.0 Å². The molecule has 0 saturated carbocycles. The topological polar surface area (TPSA) is 74.8 Å². The Kier molecular flexibility index (Phi) is 6.14. The number of hydrazone groups is 1. The number of benzene rings is 3. The summed E-state index contributed by atoms with van der Waals surface area (Å²) in [5, 5.41) is 7.62. The monoisotopic (exact) mass is 485 g/mol. The highest BCUT2D eigenvalue weighted by atomic mass is 35.5. The van der Waals surface area contributed by atoms with E-state index in [0.717, 1.165) is 27.8 Å². The van der Waals surface area contributed by atoms with Crippen LogP contribution in [0.3, 0.4) is 0 Å². The van der Waals surface area contributed by atoms with Crippen LogP contribution in [0.15, 0.2) is 82.7 Å². The van der Waals surface area contributed by atoms with Gasteiger partial charge in [0.25, 0.3) is 5.56 Å². The molecule has 0 bridgehead atoms. The summed E-state index contributed by atoms with van der Waals surface area (Å²) < 4.78 is 5.28. The second kappa shape index (κ2) is 9.39. The lowest BCUT2D eigenvalue weighted by Crippen LogP contribution is -2.26. The number of pyridine rings is 1. The Morgan fingerprint density at radius 3 is 2.51 bits per heavy atom. The van der Waals surface area contributed by atoms with E-state index in [0.29, 0.717) is 34.7 Å². The molecule has 0 saturated heterocycles. The van der Waals surface area contributed by atoms with Crippen molar-refractivity contribution in [3.63, 3.8) is 0 Å². The fraction of sp³-hybridized carbons (Fsp3) is 0.179. The third-order valence-corrected chi connectivity index (χ3v) is 6.53. The molecule has 1 aromatic heterocycles. The van der Waals surface area contributed by atoms with Crippen LogP contribution in [0.1, 0.15) is 36.9 Å². The van der Waals surface area contributed by atoms with Gasteiger partial charge in [0, 0.05) is 34.3 Å². The maximum atomic E-state index is 13.5. The fourth-order valence-electron chi connectivity index (χ4n) is 4.58. The molecule has 0 fully saturated rings. The molecule has 6 nitrogen and oxygen atoms in total. The Morgan fingerprint density at radius 2 is 1.83 bits per heavy atom. The van der Waals surface area contributed by atoms with Crippen LogP contribution in [-0.2, 0) is 4.79 Å². The zero-order valence-corrected chi connectivity index (χ0v) is 20.2. The molecular formula is C28H24ClN3O3. The van der Waals surface area contributed by atoms with E-state index in [-0.39, 0.29) is 17.5 Å². The Hall–Kier alpha value is -3.90. The van der Waals surface area contributed by atoms with E-state index >= 15 is 0 Å². The molecule has 1 atom stereocenters. The van der Waals surface area contributed by atoms with Gasteiger partial charge in [-0.2, -0.15) is 5.10 Å². The van der Waals surface area contributed by atoms with Gasteiger partial charge in [-0.1, -0.05) is 61.0 Å². The minimum atomic E-state index is -0.318. The van der Waals surface area contributed by atoms with Gasteiger partial charge in [-0.25, -0.2) is 5.01 Å². The molecule has 0 unspecified atom stereocenters. The molecule has 0 spiro atoms. The van der Waals surface area contributed by atoms with Gasteiger partial charge in [0.15, 0.2) is 0 Å². The first-order valence-electron chi connectivity index (χ1n) is 11.4. The minimum absolute atomic E-state index is 0.109. The molecule has 7 heteroatoms. The molecule has 176 valence electrons. The van der Waals surface area contributed by atoms with Crippen molar-refractivity contribution in [2.24, 2.45) is 5.10 Å². The molecule has 1 amide bonds. The number of aromatic nitrogens is 1. The Morgan fingerprint density at radius 1 is 1.09 bits per heavy atom. The number of methoxy groups -OCH3 is 1. The first-order chi connectivity index (χ1) is 17.0. The number of aromatic amines is 1. The summed E-state index contributed by atoms with van der Waals surface area (Å²) >= 11 is 6.36. The van der Waals surface area contributed by atoms with Gasteiger partial charge in [-0.15, -0.1) is 0 Å². The van der Waals surface area contributed by atoms with Crippen LogP contribution in [-0.4, -0.2) is 28.7 Å². The highest BCUT2D eigenvalue weighted by Gasteiger charge is 2.34. The quantitative estimate of drug-likeness (QED) is 0.380. The van der Waals surface area contributed by atoms with Crippen LogP contribution in [0.2, 0.25) is 5.02 Å². The standard InChI is InChI=1S/C28H24ClN3O3/c1-3-25(33)32-24(17-9-12-20(35-2)13-10-17)16-23(31-32)27-26(18-7-5-4-6-8-18)21-15-19(29)11-14-22(21)30-28(27)34/h4-15,24H,3,16H2,1-2H3,(H,30,34)/t24-/m0/s1. The smallest absolute Gasteiger partial charge is 0.258 e. The lowest BCUT2D eigenvalue weighted by Gasteiger charge is -2.21. The number of hydrogen-bond donors (Lipinski definition) is 1. The summed E-state index contributed by atoms with van der Waals surface area (Å²) in [6.07, 6.45) is 0.714. The Labute approximate surface area is 207 Å². The van der Waals surface area contributed by atoms with Gasteiger partial charge < -0.3 is 9.72 Å². The van der Waals surface area contributed by atoms with Crippen LogP contribution in [0.4, 0.5) is 0 Å². The van der Waals surface area contributed by atoms with Crippen molar-refractivity contribution in [1.82, 2.24) is 9.99 Å². The number of hydrogen-bond acceptors (Lipinski definition) is 4. The number of H-pyrrole nitrogens is 1. The van der Waals surface area contributed by atoms with E-state index in [9.17, 15) is 9.59 Å². The number of halogens is 1. The van der Waals surface area contributed by atoms with Gasteiger partial charge >= 0.3 is 0 Å². The lowest BCUT2D eigenvalue weighted by molar-refractivity contribution is -0.132. The third-order valence-electron chi connectivity index (χ3n) is 6.30. The normalized spacial score (nSPS) is 15.3. The van der Waals surface area contributed by atoms with E-state index in [4.69, 9.17) is 21.4 Å². The van der Waals surface area contributed by atoms with Crippen LogP contribution >= 0.6 is 11.6 Å². The van der Waals surface area contributed by atoms with Crippen molar-refractivity contribution in [2.45, 2.75) is 25.8 Å². The van der Waals surface area contributed by atoms with E-state index in [1.165, 1.54) is 5.01 Å². The molecule has 1 aliphatic rings. The number of nitrogens with zero attached hydrogens (tertiary/aromatic N) is 2. The highest BCUT2D eigenvalue weighted by molar-refractivity contribution is 6.31. The molecule has 0 radical (unpaired) electrons. The van der Waals surface area contributed by atoms with Crippen LogP contribution < -0.4 is 10.3 Å².